The number of nitrogens with one attached hydrogen (secondary N) is 1. The van der Waals surface area contributed by atoms with Crippen LogP contribution in [0.25, 0.3) is 0 Å². The average molecular weight is 177 g/mol. The van der Waals surface area contributed by atoms with Gasteiger partial charge in [0.2, 0.25) is 0 Å². The van der Waals surface area contributed by atoms with Crippen LogP contribution in [-0.4, -0.2) is 18.8 Å². The third kappa shape index (κ3) is 2.54. The van der Waals surface area contributed by atoms with Crippen molar-refractivity contribution in [2.75, 3.05) is 6.54 Å². The minimum absolute atomic E-state index is 0.448. The minimum Gasteiger partial charge on any atom is -0.369 e. The minimum atomic E-state index is 0.448. The number of ether oxygens (including phenoxy) is 1. The summed E-state index contributed by atoms with van der Waals surface area (Å²) < 4.78 is 5.29. The lowest BCUT2D eigenvalue weighted by atomic mass is 10.2. The Morgan fingerprint density at radius 2 is 2.00 bits per heavy atom. The van der Waals surface area contributed by atoms with Gasteiger partial charge in [-0.05, 0) is 12.5 Å². The van der Waals surface area contributed by atoms with Crippen LogP contribution in [0, 0.1) is 0 Å². The van der Waals surface area contributed by atoms with Gasteiger partial charge in [-0.25, -0.2) is 0 Å². The highest BCUT2D eigenvalue weighted by Crippen LogP contribution is 2.19. The smallest absolute Gasteiger partial charge is 0.0963 e. The molecule has 0 unspecified atom stereocenters. The van der Waals surface area contributed by atoms with E-state index in [0.717, 1.165) is 13.1 Å². The van der Waals surface area contributed by atoms with Crippen LogP contribution in [0.5, 0.6) is 0 Å². The van der Waals surface area contributed by atoms with E-state index in [1.807, 2.05) is 6.07 Å². The molecule has 2 nitrogen and oxygen atoms in total. The normalized spacial score (nSPS) is 25.9. The molecule has 0 aromatic heterocycles. The van der Waals surface area contributed by atoms with Gasteiger partial charge in [0, 0.05) is 13.1 Å². The topological polar surface area (TPSA) is 24.6 Å². The fraction of sp³-hybridized carbons (Fsp3) is 0.455. The van der Waals surface area contributed by atoms with Gasteiger partial charge in [0.05, 0.1) is 12.2 Å². The Morgan fingerprint density at radius 1 is 1.31 bits per heavy atom. The van der Waals surface area contributed by atoms with E-state index in [1.165, 1.54) is 5.56 Å². The van der Waals surface area contributed by atoms with Crippen molar-refractivity contribution in [2.45, 2.75) is 25.7 Å². The van der Waals surface area contributed by atoms with E-state index in [9.17, 15) is 0 Å². The molecule has 0 saturated carbocycles. The van der Waals surface area contributed by atoms with Crippen molar-refractivity contribution >= 4 is 0 Å². The first-order valence-electron chi connectivity index (χ1n) is 4.76. The molecule has 0 spiro atoms. The van der Waals surface area contributed by atoms with Crippen LogP contribution < -0.4 is 5.32 Å². The van der Waals surface area contributed by atoms with E-state index in [1.54, 1.807) is 0 Å². The maximum absolute atomic E-state index is 5.29. The molecule has 0 radical (unpaired) electrons. The van der Waals surface area contributed by atoms with Crippen LogP contribution in [0.2, 0.25) is 0 Å². The highest BCUT2D eigenvalue weighted by Gasteiger charge is 2.33. The monoisotopic (exact) mass is 177 g/mol. The summed E-state index contributed by atoms with van der Waals surface area (Å²) in [4.78, 5) is 0. The summed E-state index contributed by atoms with van der Waals surface area (Å²) in [6.07, 6.45) is 0.909. The first-order chi connectivity index (χ1) is 6.36. The van der Waals surface area contributed by atoms with Gasteiger partial charge in [-0.3, -0.25) is 0 Å². The Morgan fingerprint density at radius 3 is 2.62 bits per heavy atom. The summed E-state index contributed by atoms with van der Waals surface area (Å²) >= 11 is 0. The second-order valence-corrected chi connectivity index (χ2v) is 3.50. The fourth-order valence-corrected chi connectivity index (χ4v) is 1.40. The van der Waals surface area contributed by atoms with Crippen LogP contribution in [0.3, 0.4) is 0 Å². The predicted molar refractivity (Wildman–Crippen MR) is 52.5 cm³/mol. The number of rotatable bonds is 4. The van der Waals surface area contributed by atoms with Gasteiger partial charge >= 0.3 is 0 Å². The van der Waals surface area contributed by atoms with Gasteiger partial charge in [0.1, 0.15) is 0 Å². The molecule has 1 fully saturated rings. The van der Waals surface area contributed by atoms with E-state index in [-0.39, 0.29) is 0 Å². The highest BCUT2D eigenvalue weighted by atomic mass is 16.6. The van der Waals surface area contributed by atoms with Crippen LogP contribution >= 0.6 is 0 Å². The molecule has 1 aliphatic rings. The van der Waals surface area contributed by atoms with E-state index in [2.05, 4.69) is 36.5 Å². The number of epoxide rings is 1. The molecule has 2 heteroatoms. The van der Waals surface area contributed by atoms with Gasteiger partial charge < -0.3 is 10.1 Å². The Hall–Kier alpha value is -0.860. The molecule has 1 N–H and O–H groups in total. The summed E-state index contributed by atoms with van der Waals surface area (Å²) in [6, 6.07) is 10.4. The molecule has 0 bridgehead atoms. The van der Waals surface area contributed by atoms with Gasteiger partial charge in [-0.1, -0.05) is 30.3 Å². The lowest BCUT2D eigenvalue weighted by molar-refractivity contribution is 0.371. The van der Waals surface area contributed by atoms with Crippen molar-refractivity contribution in [3.8, 4) is 0 Å². The van der Waals surface area contributed by atoms with Crippen molar-refractivity contribution in [3.63, 3.8) is 0 Å². The molecule has 2 rings (SSSR count). The van der Waals surface area contributed by atoms with E-state index < -0.39 is 0 Å². The van der Waals surface area contributed by atoms with Crippen molar-refractivity contribution < 1.29 is 4.74 Å². The van der Waals surface area contributed by atoms with Gasteiger partial charge in [-0.15, -0.1) is 0 Å². The Balaban J connectivity index is 1.68. The maximum atomic E-state index is 5.29. The summed E-state index contributed by atoms with van der Waals surface area (Å²) in [6.45, 7) is 4.01. The SMILES string of the molecule is C[C@H]1O[C@H]1CNCc1ccccc1. The molecule has 13 heavy (non-hydrogen) atoms. The van der Waals surface area contributed by atoms with Crippen molar-refractivity contribution in [1.29, 1.82) is 0 Å². The van der Waals surface area contributed by atoms with E-state index in [0.29, 0.717) is 12.2 Å². The molecule has 1 saturated heterocycles. The second-order valence-electron chi connectivity index (χ2n) is 3.50. The van der Waals surface area contributed by atoms with Crippen LogP contribution in [0.4, 0.5) is 0 Å². The number of hydrogen-bond acceptors (Lipinski definition) is 2. The first kappa shape index (κ1) is 8.73. The molecule has 1 heterocycles. The third-order valence-electron chi connectivity index (χ3n) is 2.35. The second kappa shape index (κ2) is 3.90. The van der Waals surface area contributed by atoms with Crippen LogP contribution in [0.1, 0.15) is 12.5 Å². The molecule has 0 amide bonds. The zero-order valence-corrected chi connectivity index (χ0v) is 7.86. The molecule has 1 aliphatic heterocycles. The van der Waals surface area contributed by atoms with E-state index in [4.69, 9.17) is 4.74 Å². The largest absolute Gasteiger partial charge is 0.369 e. The molecule has 70 valence electrons. The molecule has 0 aliphatic carbocycles. The summed E-state index contributed by atoms with van der Waals surface area (Å²) in [5.41, 5.74) is 1.33. The lowest BCUT2D eigenvalue weighted by Crippen LogP contribution is -2.19. The van der Waals surface area contributed by atoms with Crippen LogP contribution in [0.15, 0.2) is 30.3 Å². The van der Waals surface area contributed by atoms with Gasteiger partial charge in [0.25, 0.3) is 0 Å². The lowest BCUT2D eigenvalue weighted by Gasteiger charge is -2.01. The fourth-order valence-electron chi connectivity index (χ4n) is 1.40. The predicted octanol–water partition coefficient (Wildman–Crippen LogP) is 1.56. The van der Waals surface area contributed by atoms with E-state index >= 15 is 0 Å². The maximum Gasteiger partial charge on any atom is 0.0963 e. The third-order valence-corrected chi connectivity index (χ3v) is 2.35. The molecule has 1 aromatic rings. The summed E-state index contributed by atoms with van der Waals surface area (Å²) in [5.74, 6) is 0. The van der Waals surface area contributed by atoms with Crippen molar-refractivity contribution in [3.05, 3.63) is 35.9 Å². The van der Waals surface area contributed by atoms with Crippen molar-refractivity contribution in [2.24, 2.45) is 0 Å². The summed E-state index contributed by atoms with van der Waals surface area (Å²) in [5, 5.41) is 3.37. The van der Waals surface area contributed by atoms with Gasteiger partial charge in [-0.2, -0.15) is 0 Å². The average Bonchev–Trinajstić information content (AvgIpc) is 2.84. The summed E-state index contributed by atoms with van der Waals surface area (Å²) in [7, 11) is 0. The molecule has 1 aromatic carbocycles. The quantitative estimate of drug-likeness (QED) is 0.706. The van der Waals surface area contributed by atoms with Gasteiger partial charge in [0.15, 0.2) is 0 Å². The zero-order chi connectivity index (χ0) is 9.10. The highest BCUT2D eigenvalue weighted by molar-refractivity contribution is 5.14. The number of hydrogen-bond donors (Lipinski definition) is 1. The molecule has 2 atom stereocenters. The standard InChI is InChI=1S/C11H15NO/c1-9-11(13-9)8-12-7-10-5-3-2-4-6-10/h2-6,9,11-12H,7-8H2,1H3/t9-,11+/m1/s1. The van der Waals surface area contributed by atoms with Crippen LogP contribution in [-0.2, 0) is 11.3 Å². The Kier molecular flexibility index (Phi) is 2.62. The molecular formula is C11H15NO. The van der Waals surface area contributed by atoms with Crippen molar-refractivity contribution in [1.82, 2.24) is 5.32 Å². The Bertz CT molecular complexity index is 260. The first-order valence-corrected chi connectivity index (χ1v) is 4.76. The molecular weight excluding hydrogens is 162 g/mol. The zero-order valence-electron chi connectivity index (χ0n) is 7.86. The number of benzene rings is 1. The Labute approximate surface area is 78.9 Å².